The first-order chi connectivity index (χ1) is 11.9. The molecule has 140 valence electrons. The summed E-state index contributed by atoms with van der Waals surface area (Å²) >= 11 is 0. The van der Waals surface area contributed by atoms with Gasteiger partial charge in [-0.05, 0) is 24.3 Å². The third kappa shape index (κ3) is 3.63. The molecule has 0 aliphatic rings. The first-order valence-electron chi connectivity index (χ1n) is 6.73. The number of benzene rings is 2. The Kier molecular flexibility index (Phi) is 4.98. The number of alkyl halides is 6. The minimum atomic E-state index is -5.29. The highest BCUT2D eigenvalue weighted by Gasteiger charge is 2.41. The second-order valence-corrected chi connectivity index (χ2v) is 5.03. The van der Waals surface area contributed by atoms with Crippen molar-refractivity contribution in [3.63, 3.8) is 0 Å². The Morgan fingerprint density at radius 1 is 0.923 bits per heavy atom. The highest BCUT2D eigenvalue weighted by atomic mass is 19.4. The predicted octanol–water partition coefficient (Wildman–Crippen LogP) is 5.24. The maximum absolute atomic E-state index is 13.8. The second kappa shape index (κ2) is 6.58. The Hall–Kier alpha value is -2.65. The van der Waals surface area contributed by atoms with Crippen LogP contribution in [-0.4, -0.2) is 12.9 Å². The van der Waals surface area contributed by atoms with Crippen molar-refractivity contribution in [2.24, 2.45) is 0 Å². The zero-order valence-corrected chi connectivity index (χ0v) is 12.7. The van der Waals surface area contributed by atoms with E-state index in [-0.39, 0.29) is 12.1 Å². The molecule has 2 nitrogen and oxygen atoms in total. The number of halogens is 8. The van der Waals surface area contributed by atoms with Crippen LogP contribution in [0.4, 0.5) is 35.1 Å². The van der Waals surface area contributed by atoms with Gasteiger partial charge < -0.3 is 4.74 Å². The number of carbonyl (C=O) groups is 1. The first kappa shape index (κ1) is 19.7. The highest BCUT2D eigenvalue weighted by Crippen LogP contribution is 2.43. The van der Waals surface area contributed by atoms with Crippen LogP contribution in [0.5, 0.6) is 5.75 Å². The summed E-state index contributed by atoms with van der Waals surface area (Å²) in [5, 5.41) is 0. The van der Waals surface area contributed by atoms with Crippen molar-refractivity contribution in [2.45, 2.75) is 12.4 Å². The fourth-order valence-electron chi connectivity index (χ4n) is 2.22. The lowest BCUT2D eigenvalue weighted by atomic mass is 9.96. The third-order valence-corrected chi connectivity index (χ3v) is 3.37. The van der Waals surface area contributed by atoms with Gasteiger partial charge in [-0.1, -0.05) is 6.07 Å². The Labute approximate surface area is 141 Å². The molecule has 2 aromatic carbocycles. The Bertz CT molecular complexity index is 853. The molecule has 0 bridgehead atoms. The SMILES string of the molecule is COc1c(C(=O)c2cccc(F)c2F)cc(C(F)(F)F)cc1C(F)(F)F. The lowest BCUT2D eigenvalue weighted by Crippen LogP contribution is -2.17. The van der Waals surface area contributed by atoms with Crippen LogP contribution >= 0.6 is 0 Å². The van der Waals surface area contributed by atoms with E-state index in [9.17, 15) is 39.9 Å². The van der Waals surface area contributed by atoms with E-state index < -0.39 is 57.8 Å². The summed E-state index contributed by atoms with van der Waals surface area (Å²) in [5.41, 5.74) is -5.88. The fourth-order valence-corrected chi connectivity index (χ4v) is 2.22. The minimum Gasteiger partial charge on any atom is -0.495 e. The van der Waals surface area contributed by atoms with Crippen LogP contribution < -0.4 is 4.74 Å². The molecule has 26 heavy (non-hydrogen) atoms. The Morgan fingerprint density at radius 3 is 2.04 bits per heavy atom. The van der Waals surface area contributed by atoms with Gasteiger partial charge in [0.15, 0.2) is 17.4 Å². The summed E-state index contributed by atoms with van der Waals surface area (Å²) in [7, 11) is 0.705. The van der Waals surface area contributed by atoms with Crippen molar-refractivity contribution in [1.29, 1.82) is 0 Å². The molecule has 2 aromatic rings. The number of hydrogen-bond acceptors (Lipinski definition) is 2. The molecule has 2 rings (SSSR count). The topological polar surface area (TPSA) is 26.3 Å². The van der Waals surface area contributed by atoms with E-state index in [0.29, 0.717) is 13.2 Å². The zero-order chi connectivity index (χ0) is 19.9. The molecule has 0 aliphatic heterocycles. The quantitative estimate of drug-likeness (QED) is 0.534. The van der Waals surface area contributed by atoms with E-state index in [4.69, 9.17) is 0 Å². The van der Waals surface area contributed by atoms with Gasteiger partial charge in [0.2, 0.25) is 0 Å². The van der Waals surface area contributed by atoms with Crippen LogP contribution in [0.1, 0.15) is 27.0 Å². The lowest BCUT2D eigenvalue weighted by Gasteiger charge is -2.18. The molecule has 0 amide bonds. The lowest BCUT2D eigenvalue weighted by molar-refractivity contribution is -0.143. The van der Waals surface area contributed by atoms with E-state index in [1.807, 2.05) is 0 Å². The normalized spacial score (nSPS) is 12.2. The van der Waals surface area contributed by atoms with E-state index >= 15 is 0 Å². The minimum absolute atomic E-state index is 0.0980. The third-order valence-electron chi connectivity index (χ3n) is 3.37. The van der Waals surface area contributed by atoms with E-state index in [1.165, 1.54) is 0 Å². The average molecular weight is 384 g/mol. The predicted molar refractivity (Wildman–Crippen MR) is 72.8 cm³/mol. The molecule has 0 heterocycles. The smallest absolute Gasteiger partial charge is 0.420 e. The second-order valence-electron chi connectivity index (χ2n) is 5.03. The van der Waals surface area contributed by atoms with Crippen molar-refractivity contribution in [3.05, 3.63) is 64.2 Å². The van der Waals surface area contributed by atoms with Crippen LogP contribution in [0.15, 0.2) is 30.3 Å². The van der Waals surface area contributed by atoms with Crippen LogP contribution in [0, 0.1) is 11.6 Å². The number of rotatable bonds is 3. The molecule has 10 heteroatoms. The van der Waals surface area contributed by atoms with Gasteiger partial charge in [0.1, 0.15) is 5.75 Å². The number of ether oxygens (including phenoxy) is 1. The zero-order valence-electron chi connectivity index (χ0n) is 12.7. The average Bonchev–Trinajstić information content (AvgIpc) is 2.53. The number of carbonyl (C=O) groups excluding carboxylic acids is 1. The number of ketones is 1. The molecule has 0 atom stereocenters. The molecule has 0 saturated carbocycles. The molecule has 0 radical (unpaired) electrons. The van der Waals surface area contributed by atoms with Gasteiger partial charge in [-0.3, -0.25) is 4.79 Å². The van der Waals surface area contributed by atoms with Crippen molar-refractivity contribution in [1.82, 2.24) is 0 Å². The maximum atomic E-state index is 13.8. The van der Waals surface area contributed by atoms with Crippen LogP contribution in [0.25, 0.3) is 0 Å². The van der Waals surface area contributed by atoms with Crippen molar-refractivity contribution < 1.29 is 44.7 Å². The van der Waals surface area contributed by atoms with Gasteiger partial charge in [-0.15, -0.1) is 0 Å². The van der Waals surface area contributed by atoms with E-state index in [1.54, 1.807) is 0 Å². The van der Waals surface area contributed by atoms with E-state index in [0.717, 1.165) is 12.1 Å². The van der Waals surface area contributed by atoms with Crippen molar-refractivity contribution in [2.75, 3.05) is 7.11 Å². The van der Waals surface area contributed by atoms with Crippen molar-refractivity contribution in [3.8, 4) is 5.75 Å². The summed E-state index contributed by atoms with van der Waals surface area (Å²) < 4.78 is 110. The monoisotopic (exact) mass is 384 g/mol. The molecular weight excluding hydrogens is 376 g/mol. The summed E-state index contributed by atoms with van der Waals surface area (Å²) in [6.45, 7) is 0. The van der Waals surface area contributed by atoms with Crippen LogP contribution in [0.3, 0.4) is 0 Å². The number of hydrogen-bond donors (Lipinski definition) is 0. The maximum Gasteiger partial charge on any atom is 0.420 e. The van der Waals surface area contributed by atoms with Crippen LogP contribution in [0.2, 0.25) is 0 Å². The molecule has 0 fully saturated rings. The summed E-state index contributed by atoms with van der Waals surface area (Å²) in [6.07, 6.45) is -10.5. The molecule has 0 unspecified atom stereocenters. The van der Waals surface area contributed by atoms with Gasteiger partial charge >= 0.3 is 12.4 Å². The highest BCUT2D eigenvalue weighted by molar-refractivity contribution is 6.11. The summed E-state index contributed by atoms with van der Waals surface area (Å²) in [4.78, 5) is 12.3. The molecule has 0 aromatic heterocycles. The van der Waals surface area contributed by atoms with Gasteiger partial charge in [0.25, 0.3) is 0 Å². The fraction of sp³-hybridized carbons (Fsp3) is 0.188. The number of methoxy groups -OCH3 is 1. The molecule has 0 aliphatic carbocycles. The van der Waals surface area contributed by atoms with Gasteiger partial charge in [-0.25, -0.2) is 8.78 Å². The standard InChI is InChI=1S/C16H8F8O2/c1-26-14-9(13(25)8-3-2-4-11(17)12(8)18)5-7(15(19,20)21)6-10(14)16(22,23)24/h2-6H,1H3. The van der Waals surface area contributed by atoms with Gasteiger partial charge in [-0.2, -0.15) is 26.3 Å². The van der Waals surface area contributed by atoms with Crippen molar-refractivity contribution >= 4 is 5.78 Å². The van der Waals surface area contributed by atoms with Gasteiger partial charge in [0, 0.05) is 0 Å². The Balaban J connectivity index is 2.82. The Morgan fingerprint density at radius 2 is 1.54 bits per heavy atom. The first-order valence-corrected chi connectivity index (χ1v) is 6.73. The van der Waals surface area contributed by atoms with Gasteiger partial charge in [0.05, 0.1) is 29.4 Å². The summed E-state index contributed by atoms with van der Waals surface area (Å²) in [6, 6.07) is 2.12. The molecular formula is C16H8F8O2. The molecule has 0 saturated heterocycles. The molecule has 0 N–H and O–H groups in total. The van der Waals surface area contributed by atoms with Crippen LogP contribution in [-0.2, 0) is 12.4 Å². The molecule has 0 spiro atoms. The summed E-state index contributed by atoms with van der Waals surface area (Å²) in [5.74, 6) is -6.00. The van der Waals surface area contributed by atoms with E-state index in [2.05, 4.69) is 4.74 Å². The largest absolute Gasteiger partial charge is 0.495 e.